The van der Waals surface area contributed by atoms with E-state index in [1.807, 2.05) is 37.3 Å². The number of hydrogen-bond acceptors (Lipinski definition) is 3. The van der Waals surface area contributed by atoms with E-state index in [9.17, 15) is 22.0 Å². The lowest BCUT2D eigenvalue weighted by atomic mass is 10.0. The van der Waals surface area contributed by atoms with Gasteiger partial charge in [-0.3, -0.25) is 9.10 Å². The molecule has 0 aliphatic rings. The van der Waals surface area contributed by atoms with E-state index >= 15 is 0 Å². The Morgan fingerprint density at radius 2 is 1.45 bits per heavy atom. The van der Waals surface area contributed by atoms with Gasteiger partial charge in [0.05, 0.1) is 16.6 Å². The first-order valence-corrected chi connectivity index (χ1v) is 11.1. The van der Waals surface area contributed by atoms with Crippen LogP contribution in [-0.2, 0) is 14.8 Å². The van der Waals surface area contributed by atoms with Gasteiger partial charge < -0.3 is 5.32 Å². The van der Waals surface area contributed by atoms with Crippen molar-refractivity contribution < 1.29 is 22.0 Å². The van der Waals surface area contributed by atoms with Gasteiger partial charge in [0, 0.05) is 0 Å². The summed E-state index contributed by atoms with van der Waals surface area (Å²) in [4.78, 5) is 12.6. The minimum Gasteiger partial charge on any atom is -0.348 e. The molecule has 0 bridgehead atoms. The van der Waals surface area contributed by atoms with Crippen LogP contribution in [0.15, 0.2) is 83.8 Å². The van der Waals surface area contributed by atoms with Crippen LogP contribution in [0.1, 0.15) is 24.9 Å². The Balaban J connectivity index is 1.90. The zero-order valence-corrected chi connectivity index (χ0v) is 17.6. The smallest absolute Gasteiger partial charge is 0.264 e. The number of rotatable bonds is 8. The van der Waals surface area contributed by atoms with Crippen molar-refractivity contribution in [3.63, 3.8) is 0 Å². The second kappa shape index (κ2) is 9.70. The van der Waals surface area contributed by atoms with Crippen LogP contribution in [0.4, 0.5) is 14.5 Å². The van der Waals surface area contributed by atoms with Crippen LogP contribution in [0.5, 0.6) is 0 Å². The fraction of sp³-hybridized carbons (Fsp3) is 0.174. The van der Waals surface area contributed by atoms with Crippen molar-refractivity contribution in [1.82, 2.24) is 5.32 Å². The van der Waals surface area contributed by atoms with Gasteiger partial charge >= 0.3 is 0 Å². The van der Waals surface area contributed by atoms with Crippen LogP contribution in [0, 0.1) is 11.6 Å². The minimum absolute atomic E-state index is 0.119. The summed E-state index contributed by atoms with van der Waals surface area (Å²) in [6.07, 6.45) is 0.608. The Morgan fingerprint density at radius 1 is 0.903 bits per heavy atom. The third-order valence-corrected chi connectivity index (χ3v) is 6.54. The molecule has 3 aromatic carbocycles. The third kappa shape index (κ3) is 5.46. The Kier molecular flexibility index (Phi) is 7.02. The monoisotopic (exact) mass is 444 g/mol. The molecule has 0 spiro atoms. The quantitative estimate of drug-likeness (QED) is 0.559. The molecule has 162 valence electrons. The lowest BCUT2D eigenvalue weighted by Gasteiger charge is -2.25. The van der Waals surface area contributed by atoms with E-state index in [0.29, 0.717) is 6.42 Å². The maximum Gasteiger partial charge on any atom is 0.264 e. The van der Waals surface area contributed by atoms with Gasteiger partial charge in [-0.25, -0.2) is 17.2 Å². The van der Waals surface area contributed by atoms with Gasteiger partial charge in [-0.1, -0.05) is 37.3 Å². The van der Waals surface area contributed by atoms with E-state index in [1.54, 1.807) is 0 Å². The molecular weight excluding hydrogens is 422 g/mol. The van der Waals surface area contributed by atoms with Crippen LogP contribution in [-0.4, -0.2) is 20.9 Å². The summed E-state index contributed by atoms with van der Waals surface area (Å²) >= 11 is 0. The summed E-state index contributed by atoms with van der Waals surface area (Å²) in [6, 6.07) is 18.1. The second-order valence-electron chi connectivity index (χ2n) is 6.88. The van der Waals surface area contributed by atoms with Crippen molar-refractivity contribution in [2.24, 2.45) is 0 Å². The third-order valence-electron chi connectivity index (χ3n) is 4.75. The van der Waals surface area contributed by atoms with E-state index < -0.39 is 34.1 Å². The van der Waals surface area contributed by atoms with Crippen molar-refractivity contribution in [2.75, 3.05) is 10.8 Å². The van der Waals surface area contributed by atoms with Crippen LogP contribution in [0.2, 0.25) is 0 Å². The SMILES string of the molecule is CCC(NC(=O)CN(c1ccc(F)cc1)S(=O)(=O)c1ccc(F)cc1)c1ccccc1. The molecular formula is C23H22F2N2O3S. The van der Waals surface area contributed by atoms with Crippen molar-refractivity contribution in [2.45, 2.75) is 24.3 Å². The van der Waals surface area contributed by atoms with Gasteiger partial charge in [-0.05, 0) is 60.5 Å². The van der Waals surface area contributed by atoms with Crippen LogP contribution < -0.4 is 9.62 Å². The number of sulfonamides is 1. The van der Waals surface area contributed by atoms with E-state index in [-0.39, 0.29) is 16.6 Å². The van der Waals surface area contributed by atoms with E-state index in [1.165, 1.54) is 12.1 Å². The number of nitrogens with one attached hydrogen (secondary N) is 1. The standard InChI is InChI=1S/C23H22F2N2O3S/c1-2-22(17-6-4-3-5-7-17)26-23(28)16-27(20-12-8-18(24)9-13-20)31(29,30)21-14-10-19(25)11-15-21/h3-15,22H,2,16H2,1H3,(H,26,28). The molecule has 0 aromatic heterocycles. The molecule has 0 saturated carbocycles. The first-order chi connectivity index (χ1) is 14.8. The van der Waals surface area contributed by atoms with Crippen molar-refractivity contribution in [3.05, 3.63) is 96.1 Å². The summed E-state index contributed by atoms with van der Waals surface area (Å²) < 4.78 is 54.0. The van der Waals surface area contributed by atoms with Gasteiger partial charge in [-0.2, -0.15) is 0 Å². The largest absolute Gasteiger partial charge is 0.348 e. The highest BCUT2D eigenvalue weighted by atomic mass is 32.2. The number of carbonyl (C=O) groups is 1. The molecule has 3 rings (SSSR count). The lowest BCUT2D eigenvalue weighted by Crippen LogP contribution is -2.42. The summed E-state index contributed by atoms with van der Waals surface area (Å²) in [5.41, 5.74) is 1.02. The maximum absolute atomic E-state index is 13.4. The fourth-order valence-corrected chi connectivity index (χ4v) is 4.55. The molecule has 3 aromatic rings. The van der Waals surface area contributed by atoms with E-state index in [2.05, 4.69) is 5.32 Å². The van der Waals surface area contributed by atoms with Crippen molar-refractivity contribution in [1.29, 1.82) is 0 Å². The molecule has 0 radical (unpaired) electrons. The first kappa shape index (κ1) is 22.4. The Labute approximate surface area is 180 Å². The second-order valence-corrected chi connectivity index (χ2v) is 8.74. The Hall–Kier alpha value is -3.26. The zero-order chi connectivity index (χ0) is 22.4. The number of anilines is 1. The van der Waals surface area contributed by atoms with Gasteiger partial charge in [0.15, 0.2) is 0 Å². The van der Waals surface area contributed by atoms with Gasteiger partial charge in [0.1, 0.15) is 18.2 Å². The summed E-state index contributed by atoms with van der Waals surface area (Å²) in [5, 5.41) is 2.85. The molecule has 0 aliphatic heterocycles. The summed E-state index contributed by atoms with van der Waals surface area (Å²) in [7, 11) is -4.20. The molecule has 0 fully saturated rings. The number of benzene rings is 3. The summed E-state index contributed by atoms with van der Waals surface area (Å²) in [5.74, 6) is -1.65. The fourth-order valence-electron chi connectivity index (χ4n) is 3.13. The topological polar surface area (TPSA) is 66.5 Å². The number of nitrogens with zero attached hydrogens (tertiary/aromatic N) is 1. The number of hydrogen-bond donors (Lipinski definition) is 1. The highest BCUT2D eigenvalue weighted by molar-refractivity contribution is 7.92. The lowest BCUT2D eigenvalue weighted by molar-refractivity contribution is -0.120. The van der Waals surface area contributed by atoms with Gasteiger partial charge in [0.25, 0.3) is 10.0 Å². The van der Waals surface area contributed by atoms with Crippen molar-refractivity contribution >= 4 is 21.6 Å². The maximum atomic E-state index is 13.4. The molecule has 31 heavy (non-hydrogen) atoms. The highest BCUT2D eigenvalue weighted by Gasteiger charge is 2.28. The first-order valence-electron chi connectivity index (χ1n) is 9.69. The molecule has 0 saturated heterocycles. The molecule has 0 aliphatic carbocycles. The van der Waals surface area contributed by atoms with Crippen LogP contribution in [0.3, 0.4) is 0 Å². The van der Waals surface area contributed by atoms with Crippen LogP contribution >= 0.6 is 0 Å². The number of amides is 1. The zero-order valence-electron chi connectivity index (χ0n) is 16.8. The van der Waals surface area contributed by atoms with Gasteiger partial charge in [-0.15, -0.1) is 0 Å². The number of carbonyl (C=O) groups excluding carboxylic acids is 1. The minimum atomic E-state index is -4.20. The predicted octanol–water partition coefficient (Wildman–Crippen LogP) is 4.43. The van der Waals surface area contributed by atoms with E-state index in [0.717, 1.165) is 46.3 Å². The van der Waals surface area contributed by atoms with Crippen LogP contribution in [0.25, 0.3) is 0 Å². The average molecular weight is 445 g/mol. The van der Waals surface area contributed by atoms with E-state index in [4.69, 9.17) is 0 Å². The Morgan fingerprint density at radius 3 is 2.00 bits per heavy atom. The normalized spacial score (nSPS) is 12.2. The molecule has 1 atom stereocenters. The molecule has 1 amide bonds. The molecule has 0 heterocycles. The summed E-state index contributed by atoms with van der Waals surface area (Å²) in [6.45, 7) is 1.39. The average Bonchev–Trinajstić information content (AvgIpc) is 2.77. The molecule has 1 N–H and O–H groups in total. The van der Waals surface area contributed by atoms with Crippen molar-refractivity contribution in [3.8, 4) is 0 Å². The number of halogens is 2. The Bertz CT molecular complexity index is 1120. The predicted molar refractivity (Wildman–Crippen MR) is 115 cm³/mol. The molecule has 1 unspecified atom stereocenters. The molecule has 5 nitrogen and oxygen atoms in total. The molecule has 8 heteroatoms. The van der Waals surface area contributed by atoms with Gasteiger partial charge in [0.2, 0.25) is 5.91 Å². The highest BCUT2D eigenvalue weighted by Crippen LogP contribution is 2.24.